The molecule has 0 saturated heterocycles. The van der Waals surface area contributed by atoms with Crippen molar-refractivity contribution in [3.63, 3.8) is 0 Å². The first-order chi connectivity index (χ1) is 10.9. The van der Waals surface area contributed by atoms with Crippen LogP contribution >= 0.6 is 0 Å². The van der Waals surface area contributed by atoms with Gasteiger partial charge in [0.2, 0.25) is 0 Å². The second kappa shape index (κ2) is 5.43. The Bertz CT molecular complexity index is 980. The Hall–Kier alpha value is -2.82. The maximum atomic E-state index is 12.5. The summed E-state index contributed by atoms with van der Waals surface area (Å²) in [6.45, 7) is 3.99. The predicted octanol–water partition coefficient (Wildman–Crippen LogP) is 2.75. The number of carbonyl (C=O) groups is 1. The molecule has 0 aliphatic rings. The third-order valence-corrected chi connectivity index (χ3v) is 4.39. The number of hydrogen-bond acceptors (Lipinski definition) is 2. The summed E-state index contributed by atoms with van der Waals surface area (Å²) in [5.41, 5.74) is 4.95. The van der Waals surface area contributed by atoms with Gasteiger partial charge in [-0.15, -0.1) is 0 Å². The first kappa shape index (κ1) is 15.1. The molecule has 3 rings (SSSR count). The minimum atomic E-state index is -0.183. The number of imidazole rings is 1. The number of nitrogens with zero attached hydrogens (tertiary/aromatic N) is 2. The molecular formula is C18H19N3O2. The van der Waals surface area contributed by atoms with Crippen LogP contribution in [0, 0.1) is 13.8 Å². The zero-order valence-corrected chi connectivity index (χ0v) is 13.7. The van der Waals surface area contributed by atoms with Crippen molar-refractivity contribution < 1.29 is 4.79 Å². The highest BCUT2D eigenvalue weighted by atomic mass is 16.2. The van der Waals surface area contributed by atoms with Crippen LogP contribution in [0.3, 0.4) is 0 Å². The highest BCUT2D eigenvalue weighted by Crippen LogP contribution is 2.20. The minimum Gasteiger partial charge on any atom is -0.322 e. The lowest BCUT2D eigenvalue weighted by Crippen LogP contribution is -2.19. The summed E-state index contributed by atoms with van der Waals surface area (Å²) in [6.07, 6.45) is 0. The average molecular weight is 309 g/mol. The molecular weight excluding hydrogens is 290 g/mol. The molecule has 1 aromatic heterocycles. The summed E-state index contributed by atoms with van der Waals surface area (Å²) in [5.74, 6) is -0.183. The molecule has 118 valence electrons. The Morgan fingerprint density at radius 3 is 2.43 bits per heavy atom. The lowest BCUT2D eigenvalue weighted by Gasteiger charge is -2.10. The van der Waals surface area contributed by atoms with Gasteiger partial charge in [-0.2, -0.15) is 0 Å². The molecule has 0 atom stereocenters. The van der Waals surface area contributed by atoms with Crippen LogP contribution in [0.1, 0.15) is 21.5 Å². The van der Waals surface area contributed by atoms with Gasteiger partial charge in [0.25, 0.3) is 5.91 Å². The fraction of sp³-hybridized carbons (Fsp3) is 0.222. The van der Waals surface area contributed by atoms with Crippen molar-refractivity contribution in [2.75, 3.05) is 5.32 Å². The van der Waals surface area contributed by atoms with Crippen LogP contribution in [0.15, 0.2) is 41.2 Å². The Labute approximate surface area is 134 Å². The number of aryl methyl sites for hydroxylation is 3. The predicted molar refractivity (Wildman–Crippen MR) is 92.0 cm³/mol. The molecule has 0 radical (unpaired) electrons. The fourth-order valence-corrected chi connectivity index (χ4v) is 2.73. The molecule has 0 unspecified atom stereocenters. The van der Waals surface area contributed by atoms with Gasteiger partial charge in [-0.05, 0) is 49.2 Å². The number of carbonyl (C=O) groups excluding carboxylic acids is 1. The van der Waals surface area contributed by atoms with Crippen LogP contribution in [0.2, 0.25) is 0 Å². The van der Waals surface area contributed by atoms with Gasteiger partial charge in [0.05, 0.1) is 11.0 Å². The maximum Gasteiger partial charge on any atom is 0.328 e. The molecule has 0 saturated carbocycles. The van der Waals surface area contributed by atoms with E-state index in [1.54, 1.807) is 41.4 Å². The van der Waals surface area contributed by atoms with Gasteiger partial charge in [0.15, 0.2) is 0 Å². The standard InChI is InChI=1S/C18H19N3O2/c1-11-6-5-7-14(12(11)2)19-17(22)13-8-9-15-16(10-13)21(4)18(23)20(15)3/h5-10H,1-4H3,(H,19,22). The van der Waals surface area contributed by atoms with E-state index in [0.29, 0.717) is 5.56 Å². The molecule has 1 N–H and O–H groups in total. The maximum absolute atomic E-state index is 12.5. The van der Waals surface area contributed by atoms with E-state index in [-0.39, 0.29) is 11.6 Å². The fourth-order valence-electron chi connectivity index (χ4n) is 2.73. The molecule has 5 nitrogen and oxygen atoms in total. The van der Waals surface area contributed by atoms with Crippen LogP contribution < -0.4 is 11.0 Å². The Morgan fingerprint density at radius 1 is 1.00 bits per heavy atom. The second-order valence-corrected chi connectivity index (χ2v) is 5.81. The van der Waals surface area contributed by atoms with Crippen molar-refractivity contribution in [3.05, 3.63) is 63.6 Å². The van der Waals surface area contributed by atoms with Crippen LogP contribution in [-0.4, -0.2) is 15.0 Å². The van der Waals surface area contributed by atoms with E-state index in [1.165, 1.54) is 0 Å². The average Bonchev–Trinajstić information content (AvgIpc) is 2.76. The quantitative estimate of drug-likeness (QED) is 0.791. The number of rotatable bonds is 2. The molecule has 1 heterocycles. The van der Waals surface area contributed by atoms with Crippen molar-refractivity contribution in [1.82, 2.24) is 9.13 Å². The van der Waals surface area contributed by atoms with Gasteiger partial charge in [-0.25, -0.2) is 4.79 Å². The third-order valence-electron chi connectivity index (χ3n) is 4.39. The van der Waals surface area contributed by atoms with E-state index in [0.717, 1.165) is 27.8 Å². The molecule has 23 heavy (non-hydrogen) atoms. The Kier molecular flexibility index (Phi) is 3.56. The highest BCUT2D eigenvalue weighted by molar-refractivity contribution is 6.06. The topological polar surface area (TPSA) is 56.0 Å². The smallest absolute Gasteiger partial charge is 0.322 e. The van der Waals surface area contributed by atoms with E-state index in [1.807, 2.05) is 32.0 Å². The molecule has 0 aliphatic heterocycles. The number of hydrogen-bond donors (Lipinski definition) is 1. The van der Waals surface area contributed by atoms with Crippen LogP contribution in [0.5, 0.6) is 0 Å². The van der Waals surface area contributed by atoms with E-state index in [4.69, 9.17) is 0 Å². The van der Waals surface area contributed by atoms with Crippen molar-refractivity contribution in [2.45, 2.75) is 13.8 Å². The van der Waals surface area contributed by atoms with Crippen LogP contribution in [0.4, 0.5) is 5.69 Å². The van der Waals surface area contributed by atoms with E-state index in [9.17, 15) is 9.59 Å². The Morgan fingerprint density at radius 2 is 1.70 bits per heavy atom. The molecule has 0 fully saturated rings. The second-order valence-electron chi connectivity index (χ2n) is 5.81. The van der Waals surface area contributed by atoms with Crippen molar-refractivity contribution in [2.24, 2.45) is 14.1 Å². The van der Waals surface area contributed by atoms with Gasteiger partial charge in [0, 0.05) is 25.3 Å². The first-order valence-corrected chi connectivity index (χ1v) is 7.43. The first-order valence-electron chi connectivity index (χ1n) is 7.43. The van der Waals surface area contributed by atoms with Gasteiger partial charge in [-0.3, -0.25) is 13.9 Å². The Balaban J connectivity index is 2.00. The third kappa shape index (κ3) is 2.44. The van der Waals surface area contributed by atoms with Crippen LogP contribution in [-0.2, 0) is 14.1 Å². The van der Waals surface area contributed by atoms with E-state index in [2.05, 4.69) is 5.32 Å². The summed E-state index contributed by atoms with van der Waals surface area (Å²) in [6, 6.07) is 11.1. The number of amides is 1. The SMILES string of the molecule is Cc1cccc(NC(=O)c2ccc3c(c2)n(C)c(=O)n3C)c1C. The molecule has 1 amide bonds. The summed E-state index contributed by atoms with van der Waals surface area (Å²) < 4.78 is 3.12. The van der Waals surface area contributed by atoms with E-state index < -0.39 is 0 Å². The number of benzene rings is 2. The molecule has 0 spiro atoms. The number of anilines is 1. The van der Waals surface area contributed by atoms with Gasteiger partial charge in [0.1, 0.15) is 0 Å². The monoisotopic (exact) mass is 309 g/mol. The molecule has 0 bridgehead atoms. The lowest BCUT2D eigenvalue weighted by atomic mass is 10.1. The summed E-state index contributed by atoms with van der Waals surface area (Å²) in [7, 11) is 3.43. The number of fused-ring (bicyclic) bond motifs is 1. The van der Waals surface area contributed by atoms with Crippen molar-refractivity contribution >= 4 is 22.6 Å². The summed E-state index contributed by atoms with van der Waals surface area (Å²) in [4.78, 5) is 24.5. The van der Waals surface area contributed by atoms with Gasteiger partial charge >= 0.3 is 5.69 Å². The molecule has 5 heteroatoms. The lowest BCUT2D eigenvalue weighted by molar-refractivity contribution is 0.102. The van der Waals surface area contributed by atoms with Gasteiger partial charge < -0.3 is 5.32 Å². The summed E-state index contributed by atoms with van der Waals surface area (Å²) in [5, 5.41) is 2.94. The van der Waals surface area contributed by atoms with Gasteiger partial charge in [-0.1, -0.05) is 12.1 Å². The van der Waals surface area contributed by atoms with Crippen molar-refractivity contribution in [1.29, 1.82) is 0 Å². The normalized spacial score (nSPS) is 11.0. The van der Waals surface area contributed by atoms with E-state index >= 15 is 0 Å². The largest absolute Gasteiger partial charge is 0.328 e. The minimum absolute atomic E-state index is 0.105. The van der Waals surface area contributed by atoms with Crippen molar-refractivity contribution in [3.8, 4) is 0 Å². The molecule has 0 aliphatic carbocycles. The zero-order chi connectivity index (χ0) is 16.7. The zero-order valence-electron chi connectivity index (χ0n) is 13.7. The highest BCUT2D eigenvalue weighted by Gasteiger charge is 2.13. The number of aromatic nitrogens is 2. The number of nitrogens with one attached hydrogen (secondary N) is 1. The molecule has 3 aromatic rings. The molecule has 2 aromatic carbocycles. The van der Waals surface area contributed by atoms with Crippen LogP contribution in [0.25, 0.3) is 11.0 Å². The summed E-state index contributed by atoms with van der Waals surface area (Å²) >= 11 is 0.